The lowest BCUT2D eigenvalue weighted by molar-refractivity contribution is -0.118. The number of hydrogen-bond donors (Lipinski definition) is 1. The summed E-state index contributed by atoms with van der Waals surface area (Å²) in [5, 5.41) is 12.2. The van der Waals surface area contributed by atoms with E-state index < -0.39 is 0 Å². The van der Waals surface area contributed by atoms with E-state index in [0.29, 0.717) is 18.2 Å². The van der Waals surface area contributed by atoms with Crippen molar-refractivity contribution in [3.05, 3.63) is 59.1 Å². The summed E-state index contributed by atoms with van der Waals surface area (Å²) in [7, 11) is 0. The van der Waals surface area contributed by atoms with Gasteiger partial charge >= 0.3 is 0 Å². The Hall–Kier alpha value is -2.45. The van der Waals surface area contributed by atoms with Crippen LogP contribution in [0.1, 0.15) is 16.7 Å². The van der Waals surface area contributed by atoms with Crippen molar-refractivity contribution >= 4 is 29.0 Å². The molecule has 0 aliphatic heterocycles. The zero-order valence-corrected chi connectivity index (χ0v) is 16.7. The number of thioether (sulfide) groups is 1. The summed E-state index contributed by atoms with van der Waals surface area (Å²) in [6, 6.07) is 7.95. The molecule has 3 aromatic rings. The van der Waals surface area contributed by atoms with Crippen molar-refractivity contribution in [3.8, 4) is 11.4 Å². The highest BCUT2D eigenvalue weighted by Crippen LogP contribution is 2.23. The number of aromatic nitrogens is 4. The molecule has 0 bridgehead atoms. The molecule has 8 heteroatoms. The molecule has 0 aliphatic carbocycles. The number of nitrogens with one attached hydrogen (secondary N) is 1. The predicted molar refractivity (Wildman–Crippen MR) is 110 cm³/mol. The average molecular weight is 400 g/mol. The highest BCUT2D eigenvalue weighted by Gasteiger charge is 2.15. The molecule has 3 aromatic heterocycles. The van der Waals surface area contributed by atoms with Gasteiger partial charge in [0.05, 0.1) is 12.3 Å². The first-order chi connectivity index (χ1) is 13.2. The van der Waals surface area contributed by atoms with Gasteiger partial charge in [-0.25, -0.2) is 0 Å². The summed E-state index contributed by atoms with van der Waals surface area (Å²) in [5.74, 6) is 1.01. The lowest BCUT2D eigenvalue weighted by Crippen LogP contribution is -2.24. The number of carbonyl (C=O) groups is 1. The molecule has 0 aliphatic rings. The lowest BCUT2D eigenvalue weighted by atomic mass is 10.2. The molecule has 0 spiro atoms. The van der Waals surface area contributed by atoms with Crippen molar-refractivity contribution in [2.45, 2.75) is 31.6 Å². The number of pyridine rings is 1. The van der Waals surface area contributed by atoms with Gasteiger partial charge < -0.3 is 5.32 Å². The molecular weight excluding hydrogens is 378 g/mol. The molecule has 3 rings (SSSR count). The fourth-order valence-electron chi connectivity index (χ4n) is 2.48. The number of amides is 1. The van der Waals surface area contributed by atoms with Crippen LogP contribution in [0.5, 0.6) is 0 Å². The first-order valence-electron chi connectivity index (χ1n) is 8.62. The van der Waals surface area contributed by atoms with Crippen LogP contribution in [0, 0.1) is 0 Å². The van der Waals surface area contributed by atoms with Gasteiger partial charge in [-0.05, 0) is 30.7 Å². The molecule has 0 saturated heterocycles. The first-order valence-corrected chi connectivity index (χ1v) is 10.4. The normalized spacial score (nSPS) is 10.7. The molecule has 3 heterocycles. The maximum Gasteiger partial charge on any atom is 0.230 e. The van der Waals surface area contributed by atoms with Crippen LogP contribution < -0.4 is 5.32 Å². The maximum atomic E-state index is 12.2. The fraction of sp³-hybridized carbons (Fsp3) is 0.263. The van der Waals surface area contributed by atoms with E-state index >= 15 is 0 Å². The van der Waals surface area contributed by atoms with E-state index in [1.807, 2.05) is 16.7 Å². The second kappa shape index (κ2) is 9.48. The van der Waals surface area contributed by atoms with Crippen LogP contribution >= 0.6 is 23.1 Å². The average Bonchev–Trinajstić information content (AvgIpc) is 3.32. The number of nitrogens with zero attached hydrogens (tertiary/aromatic N) is 4. The molecule has 1 N–H and O–H groups in total. The van der Waals surface area contributed by atoms with Crippen LogP contribution in [0.15, 0.2) is 54.5 Å². The standard InChI is InChI=1S/C19H21N5OS2/c1-3-11-24-18(14-7-9-20-10-8-14)22-23-19(24)26-13-17(25)21-12-16-6-5-15(4-2)27-16/h3,5-10H,1,4,11-13H2,2H3,(H,21,25). The summed E-state index contributed by atoms with van der Waals surface area (Å²) in [4.78, 5) is 18.7. The van der Waals surface area contributed by atoms with Crippen molar-refractivity contribution in [2.75, 3.05) is 5.75 Å². The van der Waals surface area contributed by atoms with Crippen LogP contribution in [0.25, 0.3) is 11.4 Å². The Kier molecular flexibility index (Phi) is 6.78. The quantitative estimate of drug-likeness (QED) is 0.440. The fourth-order valence-corrected chi connectivity index (χ4v) is 4.15. The second-order valence-corrected chi connectivity index (χ2v) is 7.92. The van der Waals surface area contributed by atoms with E-state index in [1.54, 1.807) is 29.8 Å². The molecule has 140 valence electrons. The van der Waals surface area contributed by atoms with Gasteiger partial charge in [0.2, 0.25) is 5.91 Å². The van der Waals surface area contributed by atoms with Gasteiger partial charge in [-0.2, -0.15) is 0 Å². The number of rotatable bonds is 9. The number of carbonyl (C=O) groups excluding carboxylic acids is 1. The van der Waals surface area contributed by atoms with E-state index in [-0.39, 0.29) is 11.7 Å². The van der Waals surface area contributed by atoms with Crippen LogP contribution in [0.4, 0.5) is 0 Å². The Labute approximate surface area is 166 Å². The minimum absolute atomic E-state index is 0.0231. The maximum absolute atomic E-state index is 12.2. The number of allylic oxidation sites excluding steroid dienone is 1. The number of aryl methyl sites for hydroxylation is 1. The molecule has 27 heavy (non-hydrogen) atoms. The van der Waals surface area contributed by atoms with Gasteiger partial charge in [0.1, 0.15) is 0 Å². The van der Waals surface area contributed by atoms with Gasteiger partial charge in [-0.15, -0.1) is 28.1 Å². The highest BCUT2D eigenvalue weighted by molar-refractivity contribution is 7.99. The summed E-state index contributed by atoms with van der Waals surface area (Å²) >= 11 is 3.11. The number of hydrogen-bond acceptors (Lipinski definition) is 6. The van der Waals surface area contributed by atoms with Gasteiger partial charge in [-0.3, -0.25) is 14.3 Å². The van der Waals surface area contributed by atoms with Gasteiger partial charge in [0.25, 0.3) is 0 Å². The van der Waals surface area contributed by atoms with Crippen LogP contribution in [-0.4, -0.2) is 31.4 Å². The third kappa shape index (κ3) is 5.05. The Morgan fingerprint density at radius 2 is 2.04 bits per heavy atom. The molecule has 0 atom stereocenters. The smallest absolute Gasteiger partial charge is 0.230 e. The van der Waals surface area contributed by atoms with Crippen molar-refractivity contribution < 1.29 is 4.79 Å². The molecule has 0 unspecified atom stereocenters. The van der Waals surface area contributed by atoms with Crippen molar-refractivity contribution in [2.24, 2.45) is 0 Å². The Balaban J connectivity index is 1.60. The topological polar surface area (TPSA) is 72.7 Å². The molecule has 0 fully saturated rings. The van der Waals surface area contributed by atoms with Crippen molar-refractivity contribution in [1.82, 2.24) is 25.1 Å². The van der Waals surface area contributed by atoms with Gasteiger partial charge in [-0.1, -0.05) is 24.8 Å². The van der Waals surface area contributed by atoms with Crippen LogP contribution in [-0.2, 0) is 24.3 Å². The van der Waals surface area contributed by atoms with E-state index in [1.165, 1.54) is 21.5 Å². The summed E-state index contributed by atoms with van der Waals surface area (Å²) in [6.45, 7) is 7.07. The Morgan fingerprint density at radius 3 is 2.74 bits per heavy atom. The predicted octanol–water partition coefficient (Wildman–Crippen LogP) is 3.56. The number of thiophene rings is 1. The van der Waals surface area contributed by atoms with Gasteiger partial charge in [0.15, 0.2) is 11.0 Å². The second-order valence-electron chi connectivity index (χ2n) is 5.73. The van der Waals surface area contributed by atoms with Crippen LogP contribution in [0.3, 0.4) is 0 Å². The molecule has 1 amide bonds. The zero-order chi connectivity index (χ0) is 19.1. The zero-order valence-electron chi connectivity index (χ0n) is 15.1. The third-order valence-electron chi connectivity index (χ3n) is 3.82. The van der Waals surface area contributed by atoms with Crippen molar-refractivity contribution in [1.29, 1.82) is 0 Å². The monoisotopic (exact) mass is 399 g/mol. The minimum Gasteiger partial charge on any atom is -0.350 e. The SMILES string of the molecule is C=CCn1c(SCC(=O)NCc2ccc(CC)s2)nnc1-c1ccncc1. The summed E-state index contributed by atoms with van der Waals surface area (Å²) in [5.41, 5.74) is 0.931. The summed E-state index contributed by atoms with van der Waals surface area (Å²) < 4.78 is 1.95. The van der Waals surface area contributed by atoms with E-state index in [9.17, 15) is 4.79 Å². The highest BCUT2D eigenvalue weighted by atomic mass is 32.2. The molecule has 6 nitrogen and oxygen atoms in total. The third-order valence-corrected chi connectivity index (χ3v) is 6.02. The molecule has 0 aromatic carbocycles. The minimum atomic E-state index is -0.0231. The Morgan fingerprint density at radius 1 is 1.26 bits per heavy atom. The molecule has 0 saturated carbocycles. The molecular formula is C19H21N5OS2. The first kappa shape index (κ1) is 19.3. The van der Waals surface area contributed by atoms with Crippen LogP contribution in [0.2, 0.25) is 0 Å². The Bertz CT molecular complexity index is 904. The van der Waals surface area contributed by atoms with Gasteiger partial charge in [0, 0.05) is 34.3 Å². The largest absolute Gasteiger partial charge is 0.350 e. The van der Waals surface area contributed by atoms with Crippen molar-refractivity contribution in [3.63, 3.8) is 0 Å². The van der Waals surface area contributed by atoms with E-state index in [0.717, 1.165) is 17.8 Å². The lowest BCUT2D eigenvalue weighted by Gasteiger charge is -2.08. The molecule has 0 radical (unpaired) electrons. The van der Waals surface area contributed by atoms with E-state index in [2.05, 4.69) is 46.1 Å². The summed E-state index contributed by atoms with van der Waals surface area (Å²) in [6.07, 6.45) is 6.25. The van der Waals surface area contributed by atoms with E-state index in [4.69, 9.17) is 0 Å².